The Morgan fingerprint density at radius 3 is 2.64 bits per heavy atom. The fourth-order valence-corrected chi connectivity index (χ4v) is 5.06. The Morgan fingerprint density at radius 2 is 1.81 bits per heavy atom. The normalized spacial score (nSPS) is 13.8. The van der Waals surface area contributed by atoms with Gasteiger partial charge in [0, 0.05) is 23.3 Å². The zero-order chi connectivity index (χ0) is 24.8. The maximum Gasteiger partial charge on any atom is 0.254 e. The first kappa shape index (κ1) is 22.2. The van der Waals surface area contributed by atoms with Crippen molar-refractivity contribution in [3.8, 4) is 0 Å². The maximum absolute atomic E-state index is 13.5. The number of nitrogens with zero attached hydrogens (tertiary/aromatic N) is 5. The van der Waals surface area contributed by atoms with E-state index < -0.39 is 6.04 Å². The molecule has 6 rings (SSSR count). The molecule has 0 spiro atoms. The van der Waals surface area contributed by atoms with Gasteiger partial charge in [0.25, 0.3) is 5.56 Å². The third-order valence-corrected chi connectivity index (χ3v) is 7.07. The monoisotopic (exact) mass is 480 g/mol. The van der Waals surface area contributed by atoms with E-state index in [-0.39, 0.29) is 11.4 Å². The third-order valence-electron chi connectivity index (χ3n) is 7.07. The van der Waals surface area contributed by atoms with Crippen molar-refractivity contribution < 1.29 is 4.39 Å². The number of pyridine rings is 1. The van der Waals surface area contributed by atoms with E-state index >= 15 is 0 Å². The summed E-state index contributed by atoms with van der Waals surface area (Å²) in [5.74, 6) is 0.264. The Morgan fingerprint density at radius 1 is 1.03 bits per heavy atom. The summed E-state index contributed by atoms with van der Waals surface area (Å²) >= 11 is 0. The highest BCUT2D eigenvalue weighted by atomic mass is 19.1. The molecule has 5 aromatic rings. The van der Waals surface area contributed by atoms with Crippen molar-refractivity contribution in [2.45, 2.75) is 32.9 Å². The van der Waals surface area contributed by atoms with Gasteiger partial charge in [0.15, 0.2) is 5.82 Å². The van der Waals surface area contributed by atoms with Gasteiger partial charge in [0.1, 0.15) is 11.9 Å². The van der Waals surface area contributed by atoms with Crippen LogP contribution in [0.3, 0.4) is 0 Å². The minimum atomic E-state index is -0.501. The van der Waals surface area contributed by atoms with Crippen LogP contribution in [0.2, 0.25) is 0 Å². The van der Waals surface area contributed by atoms with Gasteiger partial charge in [-0.2, -0.15) is 0 Å². The Hall–Kier alpha value is -4.33. The quantitative estimate of drug-likeness (QED) is 0.402. The number of tetrazole rings is 1. The highest BCUT2D eigenvalue weighted by molar-refractivity contribution is 5.81. The van der Waals surface area contributed by atoms with Crippen molar-refractivity contribution in [2.24, 2.45) is 0 Å². The van der Waals surface area contributed by atoms with Gasteiger partial charge >= 0.3 is 0 Å². The third kappa shape index (κ3) is 3.84. The minimum absolute atomic E-state index is 0.170. The second kappa shape index (κ2) is 8.71. The van der Waals surface area contributed by atoms with Crippen LogP contribution in [0, 0.1) is 19.7 Å². The molecule has 7 nitrogen and oxygen atoms in total. The Balaban J connectivity index is 1.52. The van der Waals surface area contributed by atoms with E-state index in [1.54, 1.807) is 16.8 Å². The zero-order valence-electron chi connectivity index (χ0n) is 20.1. The van der Waals surface area contributed by atoms with Crippen LogP contribution in [0.15, 0.2) is 71.5 Å². The van der Waals surface area contributed by atoms with Crippen LogP contribution >= 0.6 is 0 Å². The van der Waals surface area contributed by atoms with Gasteiger partial charge in [-0.1, -0.05) is 30.3 Å². The summed E-state index contributed by atoms with van der Waals surface area (Å²) in [6, 6.07) is 20.1. The summed E-state index contributed by atoms with van der Waals surface area (Å²) in [6.45, 7) is 5.20. The lowest BCUT2D eigenvalue weighted by atomic mass is 10.0. The van der Waals surface area contributed by atoms with Crippen LogP contribution in [0.4, 0.5) is 10.1 Å². The highest BCUT2D eigenvalue weighted by Gasteiger charge is 2.34. The number of nitrogens with one attached hydrogen (secondary N) is 1. The molecule has 1 atom stereocenters. The van der Waals surface area contributed by atoms with Crippen LogP contribution in [-0.2, 0) is 13.0 Å². The fourth-order valence-electron chi connectivity index (χ4n) is 5.06. The van der Waals surface area contributed by atoms with Crippen molar-refractivity contribution in [3.05, 3.63) is 117 Å². The number of hydrogen-bond acceptors (Lipinski definition) is 5. The van der Waals surface area contributed by atoms with Crippen LogP contribution in [-0.4, -0.2) is 31.7 Å². The van der Waals surface area contributed by atoms with E-state index in [2.05, 4.69) is 50.5 Å². The first-order valence-corrected chi connectivity index (χ1v) is 12.0. The Labute approximate surface area is 207 Å². The van der Waals surface area contributed by atoms with Gasteiger partial charge in [-0.05, 0) is 94.7 Å². The SMILES string of the molecule is Cc1cc2cc([C@@H](c3nnnn3Cc3ccc(F)cc3)N3CCc4ccccc43)c(=O)[nH]c2cc1C. The van der Waals surface area contributed by atoms with E-state index in [4.69, 9.17) is 0 Å². The van der Waals surface area contributed by atoms with Gasteiger partial charge in [-0.15, -0.1) is 5.10 Å². The van der Waals surface area contributed by atoms with Crippen molar-refractivity contribution in [1.82, 2.24) is 25.2 Å². The first-order chi connectivity index (χ1) is 17.5. The van der Waals surface area contributed by atoms with Gasteiger partial charge in [-0.25, -0.2) is 9.07 Å². The lowest BCUT2D eigenvalue weighted by Crippen LogP contribution is -2.34. The molecule has 0 fully saturated rings. The van der Waals surface area contributed by atoms with Gasteiger partial charge in [-0.3, -0.25) is 4.79 Å². The zero-order valence-corrected chi connectivity index (χ0v) is 20.1. The molecule has 180 valence electrons. The Bertz CT molecular complexity index is 1640. The average Bonchev–Trinajstić information content (AvgIpc) is 3.50. The number of aromatic amines is 1. The standard InChI is InChI=1S/C28H25FN6O/c1-17-13-21-15-23(28(36)30-24(21)14-18(17)2)26(34-12-11-20-5-3-4-6-25(20)34)27-31-32-33-35(27)16-19-7-9-22(29)10-8-19/h3-10,13-15,26H,11-12,16H2,1-2H3,(H,30,36)/t26-/m0/s1. The first-order valence-electron chi connectivity index (χ1n) is 12.0. The summed E-state index contributed by atoms with van der Waals surface area (Å²) in [4.78, 5) is 18.8. The van der Waals surface area contributed by atoms with Gasteiger partial charge in [0.05, 0.1) is 6.54 Å². The van der Waals surface area contributed by atoms with Crippen molar-refractivity contribution in [2.75, 3.05) is 11.4 Å². The molecule has 0 saturated heterocycles. The number of halogens is 1. The molecule has 36 heavy (non-hydrogen) atoms. The maximum atomic E-state index is 13.5. The molecule has 0 radical (unpaired) electrons. The number of anilines is 1. The van der Waals surface area contributed by atoms with Crippen LogP contribution in [0.5, 0.6) is 0 Å². The van der Waals surface area contributed by atoms with Crippen LogP contribution in [0.25, 0.3) is 10.9 Å². The molecule has 1 N–H and O–H groups in total. The molecule has 8 heteroatoms. The number of benzene rings is 3. The molecule has 3 aromatic carbocycles. The van der Waals surface area contributed by atoms with E-state index in [1.807, 2.05) is 31.2 Å². The molecule has 3 heterocycles. The van der Waals surface area contributed by atoms with E-state index in [1.165, 1.54) is 17.7 Å². The highest BCUT2D eigenvalue weighted by Crippen LogP contribution is 2.37. The molecule has 0 aliphatic carbocycles. The molecule has 0 amide bonds. The molecule has 2 aromatic heterocycles. The summed E-state index contributed by atoms with van der Waals surface area (Å²) in [7, 11) is 0. The molecular formula is C28H25FN6O. The van der Waals surface area contributed by atoms with Crippen molar-refractivity contribution in [1.29, 1.82) is 0 Å². The van der Waals surface area contributed by atoms with Crippen molar-refractivity contribution >= 4 is 16.6 Å². The largest absolute Gasteiger partial charge is 0.357 e. The topological polar surface area (TPSA) is 79.7 Å². The van der Waals surface area contributed by atoms with Gasteiger partial charge < -0.3 is 9.88 Å². The second-order valence-corrected chi connectivity index (χ2v) is 9.37. The number of para-hydroxylation sites is 1. The molecule has 1 aliphatic rings. The summed E-state index contributed by atoms with van der Waals surface area (Å²) in [5.41, 5.74) is 6.66. The summed E-state index contributed by atoms with van der Waals surface area (Å²) in [5, 5.41) is 13.6. The number of aromatic nitrogens is 5. The Kier molecular flexibility index (Phi) is 5.36. The number of fused-ring (bicyclic) bond motifs is 2. The fraction of sp³-hybridized carbons (Fsp3) is 0.214. The van der Waals surface area contributed by atoms with Gasteiger partial charge in [0.2, 0.25) is 0 Å². The second-order valence-electron chi connectivity index (χ2n) is 9.37. The van der Waals surface area contributed by atoms with E-state index in [0.717, 1.165) is 46.2 Å². The van der Waals surface area contributed by atoms with Crippen molar-refractivity contribution in [3.63, 3.8) is 0 Å². The predicted molar refractivity (Wildman–Crippen MR) is 137 cm³/mol. The average molecular weight is 481 g/mol. The lowest BCUT2D eigenvalue weighted by molar-refractivity contribution is 0.576. The number of H-pyrrole nitrogens is 1. The van der Waals surface area contributed by atoms with E-state index in [9.17, 15) is 9.18 Å². The molecule has 1 aliphatic heterocycles. The number of rotatable bonds is 5. The number of aryl methyl sites for hydroxylation is 2. The molecule has 0 unspecified atom stereocenters. The smallest absolute Gasteiger partial charge is 0.254 e. The summed E-state index contributed by atoms with van der Waals surface area (Å²) in [6.07, 6.45) is 0.871. The lowest BCUT2D eigenvalue weighted by Gasteiger charge is -2.29. The van der Waals surface area contributed by atoms with Crippen LogP contribution < -0.4 is 10.5 Å². The minimum Gasteiger partial charge on any atom is -0.357 e. The number of hydrogen-bond donors (Lipinski definition) is 1. The van der Waals surface area contributed by atoms with E-state index in [0.29, 0.717) is 17.9 Å². The molecule has 0 bridgehead atoms. The molecule has 0 saturated carbocycles. The predicted octanol–water partition coefficient (Wildman–Crippen LogP) is 4.47. The molecular weight excluding hydrogens is 455 g/mol. The van der Waals surface area contributed by atoms with Crippen LogP contribution in [0.1, 0.15) is 39.7 Å². The summed E-state index contributed by atoms with van der Waals surface area (Å²) < 4.78 is 15.2.